The van der Waals surface area contributed by atoms with E-state index in [1.807, 2.05) is 13.2 Å². The molecule has 19 heavy (non-hydrogen) atoms. The number of carbonyl (C=O) groups is 1. The third-order valence-electron chi connectivity index (χ3n) is 2.34. The molecule has 0 heterocycles. The van der Waals surface area contributed by atoms with Crippen molar-refractivity contribution in [3.8, 4) is 11.8 Å². The number of hydrogen-bond acceptors (Lipinski definition) is 3. The van der Waals surface area contributed by atoms with Crippen LogP contribution < -0.4 is 11.1 Å². The zero-order chi connectivity index (χ0) is 14.3. The van der Waals surface area contributed by atoms with E-state index in [0.29, 0.717) is 5.56 Å². The van der Waals surface area contributed by atoms with E-state index in [1.54, 1.807) is 11.8 Å². The summed E-state index contributed by atoms with van der Waals surface area (Å²) >= 11 is 1.62. The van der Waals surface area contributed by atoms with Gasteiger partial charge >= 0.3 is 0 Å². The lowest BCUT2D eigenvalue weighted by Crippen LogP contribution is -2.34. The molecule has 0 saturated carbocycles. The fourth-order valence-corrected chi connectivity index (χ4v) is 2.11. The van der Waals surface area contributed by atoms with Gasteiger partial charge in [0.1, 0.15) is 5.82 Å². The summed E-state index contributed by atoms with van der Waals surface area (Å²) in [7, 11) is 0. The Labute approximate surface area is 117 Å². The molecule has 0 spiro atoms. The van der Waals surface area contributed by atoms with E-state index in [1.165, 1.54) is 18.2 Å². The number of thioether (sulfide) groups is 1. The Bertz CT molecular complexity index is 508. The molecule has 0 fully saturated rings. The molecule has 0 aliphatic carbocycles. The third-order valence-corrected chi connectivity index (χ3v) is 3.17. The molecule has 1 aromatic carbocycles. The normalized spacial score (nSPS) is 11.4. The molecule has 1 unspecified atom stereocenters. The van der Waals surface area contributed by atoms with Crippen molar-refractivity contribution in [3.63, 3.8) is 0 Å². The van der Waals surface area contributed by atoms with Crippen LogP contribution in [0.3, 0.4) is 0 Å². The van der Waals surface area contributed by atoms with Crippen LogP contribution in [-0.4, -0.2) is 30.5 Å². The summed E-state index contributed by atoms with van der Waals surface area (Å²) in [5, 5.41) is 2.75. The SMILES string of the molecule is CSCC(C)NC(=O)c1cc(C#CCN)ccc1F. The molecular weight excluding hydrogens is 263 g/mol. The lowest BCUT2D eigenvalue weighted by atomic mass is 10.1. The molecule has 0 saturated heterocycles. The predicted octanol–water partition coefficient (Wildman–Crippen LogP) is 1.62. The van der Waals surface area contributed by atoms with E-state index < -0.39 is 11.7 Å². The molecule has 3 nitrogen and oxygen atoms in total. The molecule has 0 aliphatic heterocycles. The van der Waals surface area contributed by atoms with E-state index >= 15 is 0 Å². The maximum absolute atomic E-state index is 13.6. The van der Waals surface area contributed by atoms with Crippen molar-refractivity contribution in [2.45, 2.75) is 13.0 Å². The van der Waals surface area contributed by atoms with Gasteiger partial charge in [0, 0.05) is 17.4 Å². The first-order valence-corrected chi connectivity index (χ1v) is 7.26. The summed E-state index contributed by atoms with van der Waals surface area (Å²) in [4.78, 5) is 11.9. The van der Waals surface area contributed by atoms with Gasteiger partial charge in [-0.25, -0.2) is 4.39 Å². The van der Waals surface area contributed by atoms with Crippen molar-refractivity contribution < 1.29 is 9.18 Å². The molecular formula is C14H17FN2OS. The van der Waals surface area contributed by atoms with Crippen LogP contribution in [0.15, 0.2) is 18.2 Å². The van der Waals surface area contributed by atoms with E-state index in [-0.39, 0.29) is 18.2 Å². The molecule has 3 N–H and O–H groups in total. The Hall–Kier alpha value is -1.51. The van der Waals surface area contributed by atoms with Crippen LogP contribution in [-0.2, 0) is 0 Å². The van der Waals surface area contributed by atoms with Crippen LogP contribution in [0, 0.1) is 17.7 Å². The first-order chi connectivity index (χ1) is 9.08. The topological polar surface area (TPSA) is 55.1 Å². The standard InChI is InChI=1S/C14H17FN2OS/c1-10(9-19-2)17-14(18)12-8-11(4-3-7-16)5-6-13(12)15/h5-6,8,10H,7,9,16H2,1-2H3,(H,17,18). The van der Waals surface area contributed by atoms with Gasteiger partial charge in [0.05, 0.1) is 12.1 Å². The van der Waals surface area contributed by atoms with Crippen LogP contribution in [0.25, 0.3) is 0 Å². The summed E-state index contributed by atoms with van der Waals surface area (Å²) in [6.45, 7) is 2.11. The first kappa shape index (κ1) is 15.5. The second-order valence-corrected chi connectivity index (χ2v) is 4.94. The number of hydrogen-bond donors (Lipinski definition) is 2. The van der Waals surface area contributed by atoms with Crippen molar-refractivity contribution in [2.24, 2.45) is 5.73 Å². The Morgan fingerprint density at radius 2 is 2.32 bits per heavy atom. The fourth-order valence-electron chi connectivity index (χ4n) is 1.52. The molecule has 1 aromatic rings. The lowest BCUT2D eigenvalue weighted by Gasteiger charge is -2.12. The maximum Gasteiger partial charge on any atom is 0.254 e. The number of halogens is 1. The summed E-state index contributed by atoms with van der Waals surface area (Å²) in [6, 6.07) is 4.20. The van der Waals surface area contributed by atoms with Gasteiger partial charge < -0.3 is 11.1 Å². The second-order valence-electron chi connectivity index (χ2n) is 4.03. The van der Waals surface area contributed by atoms with Gasteiger partial charge in [-0.1, -0.05) is 11.8 Å². The van der Waals surface area contributed by atoms with Crippen LogP contribution in [0.2, 0.25) is 0 Å². The summed E-state index contributed by atoms with van der Waals surface area (Å²) in [5.41, 5.74) is 5.86. The van der Waals surface area contributed by atoms with Crippen LogP contribution in [0.4, 0.5) is 4.39 Å². The molecule has 0 aromatic heterocycles. The van der Waals surface area contributed by atoms with Crippen LogP contribution in [0.5, 0.6) is 0 Å². The molecule has 1 amide bonds. The predicted molar refractivity (Wildman–Crippen MR) is 77.6 cm³/mol. The minimum atomic E-state index is -0.549. The minimum absolute atomic E-state index is 0.0109. The van der Waals surface area contributed by atoms with Gasteiger partial charge in [0.15, 0.2) is 0 Å². The van der Waals surface area contributed by atoms with Gasteiger partial charge in [-0.05, 0) is 31.4 Å². The maximum atomic E-state index is 13.6. The highest BCUT2D eigenvalue weighted by molar-refractivity contribution is 7.98. The zero-order valence-electron chi connectivity index (χ0n) is 11.0. The average molecular weight is 280 g/mol. The molecule has 1 atom stereocenters. The molecule has 0 aliphatic rings. The monoisotopic (exact) mass is 280 g/mol. The van der Waals surface area contributed by atoms with Crippen molar-refractivity contribution in [3.05, 3.63) is 35.1 Å². The van der Waals surface area contributed by atoms with Crippen molar-refractivity contribution in [1.82, 2.24) is 5.32 Å². The van der Waals surface area contributed by atoms with E-state index in [4.69, 9.17) is 5.73 Å². The number of rotatable bonds is 4. The van der Waals surface area contributed by atoms with Gasteiger partial charge in [-0.2, -0.15) is 11.8 Å². The van der Waals surface area contributed by atoms with Crippen LogP contribution in [0.1, 0.15) is 22.8 Å². The first-order valence-electron chi connectivity index (χ1n) is 5.86. The second kappa shape index (κ2) is 7.82. The summed E-state index contributed by atoms with van der Waals surface area (Å²) in [6.07, 6.45) is 1.95. The van der Waals surface area contributed by atoms with E-state index in [0.717, 1.165) is 5.75 Å². The highest BCUT2D eigenvalue weighted by Crippen LogP contribution is 2.10. The minimum Gasteiger partial charge on any atom is -0.349 e. The van der Waals surface area contributed by atoms with E-state index in [9.17, 15) is 9.18 Å². The average Bonchev–Trinajstić information content (AvgIpc) is 2.37. The molecule has 1 rings (SSSR count). The van der Waals surface area contributed by atoms with E-state index in [2.05, 4.69) is 17.2 Å². The fraction of sp³-hybridized carbons (Fsp3) is 0.357. The molecule has 102 valence electrons. The van der Waals surface area contributed by atoms with Gasteiger partial charge in [-0.3, -0.25) is 4.79 Å². The zero-order valence-corrected chi connectivity index (χ0v) is 11.8. The highest BCUT2D eigenvalue weighted by atomic mass is 32.2. The molecule has 0 bridgehead atoms. The van der Waals surface area contributed by atoms with Crippen LogP contribution >= 0.6 is 11.8 Å². The van der Waals surface area contributed by atoms with Crippen molar-refractivity contribution in [2.75, 3.05) is 18.6 Å². The number of amides is 1. The number of carbonyl (C=O) groups excluding carboxylic acids is 1. The number of benzene rings is 1. The lowest BCUT2D eigenvalue weighted by molar-refractivity contribution is 0.0939. The summed E-state index contributed by atoms with van der Waals surface area (Å²) in [5.74, 6) is 5.26. The Morgan fingerprint density at radius 3 is 2.95 bits per heavy atom. The smallest absolute Gasteiger partial charge is 0.254 e. The van der Waals surface area contributed by atoms with Gasteiger partial charge in [0.2, 0.25) is 0 Å². The Kier molecular flexibility index (Phi) is 6.40. The Balaban J connectivity index is 2.89. The quantitative estimate of drug-likeness (QED) is 0.824. The molecule has 5 heteroatoms. The molecule has 0 radical (unpaired) electrons. The number of nitrogens with one attached hydrogen (secondary N) is 1. The van der Waals surface area contributed by atoms with Gasteiger partial charge in [-0.15, -0.1) is 0 Å². The summed E-state index contributed by atoms with van der Waals surface area (Å²) < 4.78 is 13.6. The van der Waals surface area contributed by atoms with Crippen molar-refractivity contribution in [1.29, 1.82) is 0 Å². The van der Waals surface area contributed by atoms with Crippen molar-refractivity contribution >= 4 is 17.7 Å². The third kappa shape index (κ3) is 4.93. The number of nitrogens with two attached hydrogens (primary N) is 1. The highest BCUT2D eigenvalue weighted by Gasteiger charge is 2.14. The largest absolute Gasteiger partial charge is 0.349 e. The van der Waals surface area contributed by atoms with Gasteiger partial charge in [0.25, 0.3) is 5.91 Å². The Morgan fingerprint density at radius 1 is 1.58 bits per heavy atom.